The van der Waals surface area contributed by atoms with E-state index in [0.717, 1.165) is 5.56 Å². The predicted molar refractivity (Wildman–Crippen MR) is 44.6 cm³/mol. The average molecular weight is 147 g/mol. The van der Waals surface area contributed by atoms with Gasteiger partial charge in [0.2, 0.25) is 0 Å². The quantitative estimate of drug-likeness (QED) is 0.506. The highest BCUT2D eigenvalue weighted by Crippen LogP contribution is 2.03. The molecule has 0 saturated carbocycles. The fourth-order valence-electron chi connectivity index (χ4n) is 0.669. The van der Waals surface area contributed by atoms with E-state index in [0.29, 0.717) is 12.4 Å². The summed E-state index contributed by atoms with van der Waals surface area (Å²) in [5.74, 6) is 5.97. The van der Waals surface area contributed by atoms with E-state index in [1.54, 1.807) is 12.3 Å². The van der Waals surface area contributed by atoms with Crippen LogP contribution in [0.25, 0.3) is 0 Å². The first-order valence-corrected chi connectivity index (χ1v) is 3.24. The van der Waals surface area contributed by atoms with Gasteiger partial charge in [-0.05, 0) is 12.1 Å². The highest BCUT2D eigenvalue weighted by Gasteiger charge is 1.91. The molecule has 0 aliphatic heterocycles. The molecule has 11 heavy (non-hydrogen) atoms. The number of aromatic nitrogens is 1. The van der Waals surface area contributed by atoms with E-state index in [-0.39, 0.29) is 0 Å². The van der Waals surface area contributed by atoms with Gasteiger partial charge in [-0.15, -0.1) is 0 Å². The molecule has 0 aliphatic carbocycles. The van der Waals surface area contributed by atoms with Gasteiger partial charge in [0, 0.05) is 6.20 Å². The number of hydrogen-bond donors (Lipinski definition) is 2. The second-order valence-electron chi connectivity index (χ2n) is 1.94. The third-order valence-electron chi connectivity index (χ3n) is 1.16. The molecule has 1 rings (SSSR count). The Morgan fingerprint density at radius 2 is 2.36 bits per heavy atom. The first-order valence-electron chi connectivity index (χ1n) is 3.24. The van der Waals surface area contributed by atoms with Gasteiger partial charge in [-0.25, -0.2) is 4.98 Å². The van der Waals surface area contributed by atoms with Gasteiger partial charge >= 0.3 is 0 Å². The third-order valence-corrected chi connectivity index (χ3v) is 1.16. The molecule has 0 bridgehead atoms. The normalized spacial score (nSPS) is 8.45. The standard InChI is InChI=1S/C8H9N3/c9-5-1-3-7-4-2-6-11-8(7)10/h2,4,6H,5,9H2,(H2,10,11). The van der Waals surface area contributed by atoms with Crippen molar-refractivity contribution in [3.05, 3.63) is 23.9 Å². The summed E-state index contributed by atoms with van der Waals surface area (Å²) in [6.45, 7) is 0.342. The van der Waals surface area contributed by atoms with Gasteiger partial charge in [0.1, 0.15) is 5.82 Å². The lowest BCUT2D eigenvalue weighted by molar-refractivity contribution is 1.29. The fourth-order valence-corrected chi connectivity index (χ4v) is 0.669. The molecular formula is C8H9N3. The minimum Gasteiger partial charge on any atom is -0.383 e. The van der Waals surface area contributed by atoms with Crippen LogP contribution in [0.3, 0.4) is 0 Å². The van der Waals surface area contributed by atoms with Gasteiger partial charge in [-0.1, -0.05) is 11.8 Å². The smallest absolute Gasteiger partial charge is 0.139 e. The van der Waals surface area contributed by atoms with Crippen molar-refractivity contribution in [3.63, 3.8) is 0 Å². The third kappa shape index (κ3) is 1.95. The zero-order valence-electron chi connectivity index (χ0n) is 6.04. The maximum atomic E-state index is 5.51. The summed E-state index contributed by atoms with van der Waals surface area (Å²) in [7, 11) is 0. The number of anilines is 1. The molecule has 0 spiro atoms. The van der Waals surface area contributed by atoms with Gasteiger partial charge in [-0.3, -0.25) is 0 Å². The van der Waals surface area contributed by atoms with E-state index in [4.69, 9.17) is 11.5 Å². The number of nitrogen functional groups attached to an aromatic ring is 1. The van der Waals surface area contributed by atoms with Crippen molar-refractivity contribution in [1.29, 1.82) is 0 Å². The molecule has 56 valence electrons. The van der Waals surface area contributed by atoms with Crippen molar-refractivity contribution in [2.75, 3.05) is 12.3 Å². The Kier molecular flexibility index (Phi) is 2.47. The Labute approximate surface area is 65.4 Å². The first-order chi connectivity index (χ1) is 5.34. The van der Waals surface area contributed by atoms with Crippen molar-refractivity contribution >= 4 is 5.82 Å². The molecule has 3 heteroatoms. The lowest BCUT2D eigenvalue weighted by Crippen LogP contribution is -1.95. The molecule has 0 unspecified atom stereocenters. The molecule has 0 fully saturated rings. The average Bonchev–Trinajstić information content (AvgIpc) is 2.03. The topological polar surface area (TPSA) is 64.9 Å². The Morgan fingerprint density at radius 1 is 1.55 bits per heavy atom. The van der Waals surface area contributed by atoms with Crippen molar-refractivity contribution in [3.8, 4) is 11.8 Å². The monoisotopic (exact) mass is 147 g/mol. The molecule has 0 atom stereocenters. The number of pyridine rings is 1. The maximum absolute atomic E-state index is 5.51. The van der Waals surface area contributed by atoms with Crippen molar-refractivity contribution < 1.29 is 0 Å². The van der Waals surface area contributed by atoms with Crippen LogP contribution in [-0.4, -0.2) is 11.5 Å². The molecule has 1 aromatic heterocycles. The van der Waals surface area contributed by atoms with E-state index in [9.17, 15) is 0 Å². The molecule has 0 aliphatic rings. The lowest BCUT2D eigenvalue weighted by atomic mass is 10.2. The van der Waals surface area contributed by atoms with Crippen molar-refractivity contribution in [2.24, 2.45) is 5.73 Å². The molecule has 1 aromatic rings. The Hall–Kier alpha value is -1.53. The van der Waals surface area contributed by atoms with E-state index in [1.165, 1.54) is 0 Å². The second kappa shape index (κ2) is 3.59. The second-order valence-corrected chi connectivity index (χ2v) is 1.94. The Balaban J connectivity index is 2.95. The number of hydrogen-bond acceptors (Lipinski definition) is 3. The Morgan fingerprint density at radius 3 is 3.00 bits per heavy atom. The predicted octanol–water partition coefficient (Wildman–Crippen LogP) is -0.0260. The van der Waals surface area contributed by atoms with Gasteiger partial charge in [0.05, 0.1) is 12.1 Å². The van der Waals surface area contributed by atoms with Crippen LogP contribution in [0.1, 0.15) is 5.56 Å². The van der Waals surface area contributed by atoms with E-state index in [2.05, 4.69) is 16.8 Å². The maximum Gasteiger partial charge on any atom is 0.139 e. The summed E-state index contributed by atoms with van der Waals surface area (Å²) in [6.07, 6.45) is 1.63. The molecule has 1 heterocycles. The summed E-state index contributed by atoms with van der Waals surface area (Å²) in [5, 5.41) is 0. The van der Waals surface area contributed by atoms with Crippen molar-refractivity contribution in [1.82, 2.24) is 4.98 Å². The Bertz CT molecular complexity index is 296. The van der Waals surface area contributed by atoms with Crippen LogP contribution in [0.4, 0.5) is 5.82 Å². The fraction of sp³-hybridized carbons (Fsp3) is 0.125. The number of rotatable bonds is 0. The van der Waals surface area contributed by atoms with Crippen LogP contribution in [0.2, 0.25) is 0 Å². The molecule has 0 amide bonds. The highest BCUT2D eigenvalue weighted by atomic mass is 14.8. The minimum atomic E-state index is 0.342. The van der Waals surface area contributed by atoms with Gasteiger partial charge < -0.3 is 11.5 Å². The summed E-state index contributed by atoms with van der Waals surface area (Å²) in [5.41, 5.74) is 11.4. The number of nitrogens with two attached hydrogens (primary N) is 2. The van der Waals surface area contributed by atoms with Crippen LogP contribution in [-0.2, 0) is 0 Å². The van der Waals surface area contributed by atoms with E-state index < -0.39 is 0 Å². The van der Waals surface area contributed by atoms with Crippen LogP contribution in [0.15, 0.2) is 18.3 Å². The minimum absolute atomic E-state index is 0.342. The molecule has 4 N–H and O–H groups in total. The molecule has 3 nitrogen and oxygen atoms in total. The first kappa shape index (κ1) is 7.58. The van der Waals surface area contributed by atoms with Crippen LogP contribution in [0, 0.1) is 11.8 Å². The van der Waals surface area contributed by atoms with E-state index >= 15 is 0 Å². The van der Waals surface area contributed by atoms with Gasteiger partial charge in [0.25, 0.3) is 0 Å². The SMILES string of the molecule is NCC#Cc1cccnc1N. The van der Waals surface area contributed by atoms with Crippen molar-refractivity contribution in [2.45, 2.75) is 0 Å². The lowest BCUT2D eigenvalue weighted by Gasteiger charge is -1.92. The zero-order chi connectivity index (χ0) is 8.10. The van der Waals surface area contributed by atoms with Gasteiger partial charge in [0.15, 0.2) is 0 Å². The molecular weight excluding hydrogens is 138 g/mol. The highest BCUT2D eigenvalue weighted by molar-refractivity contribution is 5.50. The zero-order valence-corrected chi connectivity index (χ0v) is 6.04. The van der Waals surface area contributed by atoms with Crippen LogP contribution >= 0.6 is 0 Å². The van der Waals surface area contributed by atoms with Crippen LogP contribution < -0.4 is 11.5 Å². The molecule has 0 aromatic carbocycles. The number of nitrogens with zero attached hydrogens (tertiary/aromatic N) is 1. The summed E-state index contributed by atoms with van der Waals surface area (Å²) >= 11 is 0. The summed E-state index contributed by atoms with van der Waals surface area (Å²) < 4.78 is 0. The summed E-state index contributed by atoms with van der Waals surface area (Å²) in [6, 6.07) is 3.60. The largest absolute Gasteiger partial charge is 0.383 e. The molecule has 0 radical (unpaired) electrons. The summed E-state index contributed by atoms with van der Waals surface area (Å²) in [4.78, 5) is 3.87. The van der Waals surface area contributed by atoms with Gasteiger partial charge in [-0.2, -0.15) is 0 Å². The van der Waals surface area contributed by atoms with E-state index in [1.807, 2.05) is 6.07 Å². The molecule has 0 saturated heterocycles. The van der Waals surface area contributed by atoms with Crippen LogP contribution in [0.5, 0.6) is 0 Å².